The molecule has 0 unspecified atom stereocenters. The fourth-order valence-corrected chi connectivity index (χ4v) is 1.89. The summed E-state index contributed by atoms with van der Waals surface area (Å²) in [7, 11) is 0. The van der Waals surface area contributed by atoms with Crippen LogP contribution in [0.1, 0.15) is 5.56 Å². The van der Waals surface area contributed by atoms with Crippen molar-refractivity contribution < 1.29 is 18.6 Å². The van der Waals surface area contributed by atoms with Gasteiger partial charge in [-0.1, -0.05) is 23.7 Å². The van der Waals surface area contributed by atoms with Crippen molar-refractivity contribution >= 4 is 17.3 Å². The maximum absolute atomic E-state index is 12.3. The zero-order valence-electron chi connectivity index (χ0n) is 10.3. The molecule has 0 atom stereocenters. The number of halogens is 3. The number of phenolic OH excluding ortho intramolecular Hbond substituents is 1. The molecular weight excluding hydrogens is 288 g/mol. The summed E-state index contributed by atoms with van der Waals surface area (Å²) < 4.78 is 28.9. The molecule has 106 valence electrons. The number of para-hydroxylation sites is 2. The standard InChI is InChI=1S/C14H12ClF2NO2/c15-10-5-6-12(19)9(7-10)8-18-11-3-1-2-4-13(11)20-14(16)17/h1-7,14,18-19H,8H2. The van der Waals surface area contributed by atoms with Crippen molar-refractivity contribution in [3.8, 4) is 11.5 Å². The van der Waals surface area contributed by atoms with Crippen LogP contribution in [-0.4, -0.2) is 11.7 Å². The van der Waals surface area contributed by atoms with Crippen molar-refractivity contribution in [1.29, 1.82) is 0 Å². The molecule has 0 spiro atoms. The monoisotopic (exact) mass is 299 g/mol. The van der Waals surface area contributed by atoms with Crippen LogP contribution in [0.2, 0.25) is 5.02 Å². The molecule has 0 fully saturated rings. The van der Waals surface area contributed by atoms with Crippen LogP contribution in [0.3, 0.4) is 0 Å². The Hall–Kier alpha value is -2.01. The Balaban J connectivity index is 2.12. The number of anilines is 1. The van der Waals surface area contributed by atoms with Crippen LogP contribution >= 0.6 is 11.6 Å². The maximum atomic E-state index is 12.3. The predicted molar refractivity (Wildman–Crippen MR) is 73.5 cm³/mol. The molecule has 0 radical (unpaired) electrons. The van der Waals surface area contributed by atoms with Crippen LogP contribution in [0.5, 0.6) is 11.5 Å². The molecular formula is C14H12ClF2NO2. The molecule has 6 heteroatoms. The Bertz CT molecular complexity index is 593. The summed E-state index contributed by atoms with van der Waals surface area (Å²) in [5, 5.41) is 13.1. The minimum atomic E-state index is -2.89. The molecule has 0 amide bonds. The van der Waals surface area contributed by atoms with Crippen molar-refractivity contribution in [2.24, 2.45) is 0 Å². The molecule has 0 heterocycles. The second-order valence-electron chi connectivity index (χ2n) is 4.00. The van der Waals surface area contributed by atoms with Gasteiger partial charge in [0.1, 0.15) is 11.5 Å². The zero-order valence-corrected chi connectivity index (χ0v) is 11.1. The molecule has 2 aromatic carbocycles. The van der Waals surface area contributed by atoms with Crippen molar-refractivity contribution in [2.75, 3.05) is 5.32 Å². The zero-order chi connectivity index (χ0) is 14.5. The number of phenols is 1. The molecule has 0 aromatic heterocycles. The maximum Gasteiger partial charge on any atom is 0.387 e. The van der Waals surface area contributed by atoms with Crippen molar-refractivity contribution in [3.63, 3.8) is 0 Å². The van der Waals surface area contributed by atoms with Gasteiger partial charge in [-0.25, -0.2) is 0 Å². The minimum Gasteiger partial charge on any atom is -0.508 e. The first-order valence-corrected chi connectivity index (χ1v) is 6.19. The molecule has 0 bridgehead atoms. The number of hydrogen-bond acceptors (Lipinski definition) is 3. The first-order valence-electron chi connectivity index (χ1n) is 5.81. The molecule has 0 saturated heterocycles. The summed E-state index contributed by atoms with van der Waals surface area (Å²) in [6, 6.07) is 11.0. The number of rotatable bonds is 5. The summed E-state index contributed by atoms with van der Waals surface area (Å²) in [6.45, 7) is -2.66. The van der Waals surface area contributed by atoms with E-state index in [2.05, 4.69) is 10.1 Å². The number of nitrogens with one attached hydrogen (secondary N) is 1. The second kappa shape index (κ2) is 6.43. The molecule has 20 heavy (non-hydrogen) atoms. The van der Waals surface area contributed by atoms with Gasteiger partial charge in [-0.05, 0) is 30.3 Å². The van der Waals surface area contributed by atoms with E-state index in [4.69, 9.17) is 11.6 Å². The van der Waals surface area contributed by atoms with Gasteiger partial charge in [0.25, 0.3) is 0 Å². The van der Waals surface area contributed by atoms with Crippen LogP contribution in [0.15, 0.2) is 42.5 Å². The van der Waals surface area contributed by atoms with Crippen molar-refractivity contribution in [2.45, 2.75) is 13.2 Å². The molecule has 0 aliphatic carbocycles. The van der Waals surface area contributed by atoms with Gasteiger partial charge in [-0.15, -0.1) is 0 Å². The van der Waals surface area contributed by atoms with Gasteiger partial charge in [-0.2, -0.15) is 8.78 Å². The van der Waals surface area contributed by atoms with Gasteiger partial charge in [0.05, 0.1) is 5.69 Å². The molecule has 2 aromatic rings. The summed E-state index contributed by atoms with van der Waals surface area (Å²) in [5.74, 6) is 0.123. The summed E-state index contributed by atoms with van der Waals surface area (Å²) in [4.78, 5) is 0. The normalized spacial score (nSPS) is 10.6. The Kier molecular flexibility index (Phi) is 4.63. The van der Waals surface area contributed by atoms with Gasteiger partial charge in [0.15, 0.2) is 0 Å². The Morgan fingerprint density at radius 1 is 1.20 bits per heavy atom. The predicted octanol–water partition coefficient (Wildman–Crippen LogP) is 4.26. The van der Waals surface area contributed by atoms with Crippen LogP contribution in [0.25, 0.3) is 0 Å². The van der Waals surface area contributed by atoms with E-state index in [1.165, 1.54) is 12.1 Å². The van der Waals surface area contributed by atoms with E-state index >= 15 is 0 Å². The molecule has 2 N–H and O–H groups in total. The third kappa shape index (κ3) is 3.74. The van der Waals surface area contributed by atoms with E-state index in [1.807, 2.05) is 0 Å². The lowest BCUT2D eigenvalue weighted by Gasteiger charge is -2.13. The van der Waals surface area contributed by atoms with E-state index in [-0.39, 0.29) is 18.0 Å². The van der Waals surface area contributed by atoms with Gasteiger partial charge in [0.2, 0.25) is 0 Å². The first kappa shape index (κ1) is 14.4. The van der Waals surface area contributed by atoms with Crippen LogP contribution in [0, 0.1) is 0 Å². The highest BCUT2D eigenvalue weighted by Crippen LogP contribution is 2.28. The SMILES string of the molecule is Oc1ccc(Cl)cc1CNc1ccccc1OC(F)F. The van der Waals surface area contributed by atoms with E-state index in [0.717, 1.165) is 0 Å². The smallest absolute Gasteiger partial charge is 0.387 e. The number of aromatic hydroxyl groups is 1. The van der Waals surface area contributed by atoms with Gasteiger partial charge in [-0.3, -0.25) is 0 Å². The Morgan fingerprint density at radius 3 is 2.70 bits per heavy atom. The summed E-state index contributed by atoms with van der Waals surface area (Å²) in [5.41, 5.74) is 0.969. The topological polar surface area (TPSA) is 41.5 Å². The van der Waals surface area contributed by atoms with Gasteiger partial charge < -0.3 is 15.2 Å². The molecule has 2 rings (SSSR count). The van der Waals surface area contributed by atoms with Crippen LogP contribution < -0.4 is 10.1 Å². The quantitative estimate of drug-likeness (QED) is 0.867. The average Bonchev–Trinajstić information content (AvgIpc) is 2.41. The number of benzene rings is 2. The highest BCUT2D eigenvalue weighted by atomic mass is 35.5. The second-order valence-corrected chi connectivity index (χ2v) is 4.44. The third-order valence-corrected chi connectivity index (χ3v) is 2.85. The lowest BCUT2D eigenvalue weighted by atomic mass is 10.2. The molecule has 0 aliphatic rings. The van der Waals surface area contributed by atoms with Crippen molar-refractivity contribution in [1.82, 2.24) is 0 Å². The summed E-state index contributed by atoms with van der Waals surface area (Å²) >= 11 is 5.84. The highest BCUT2D eigenvalue weighted by molar-refractivity contribution is 6.30. The Morgan fingerprint density at radius 2 is 1.95 bits per heavy atom. The number of ether oxygens (including phenoxy) is 1. The molecule has 0 aliphatic heterocycles. The van der Waals surface area contributed by atoms with E-state index < -0.39 is 6.61 Å². The lowest BCUT2D eigenvalue weighted by molar-refractivity contribution is -0.0493. The van der Waals surface area contributed by atoms with Gasteiger partial charge >= 0.3 is 6.61 Å². The number of alkyl halides is 2. The molecule has 0 saturated carbocycles. The van der Waals surface area contributed by atoms with E-state index in [0.29, 0.717) is 16.3 Å². The third-order valence-electron chi connectivity index (χ3n) is 2.61. The average molecular weight is 300 g/mol. The Labute approximate surface area is 119 Å². The van der Waals surface area contributed by atoms with Crippen molar-refractivity contribution in [3.05, 3.63) is 53.1 Å². The fourth-order valence-electron chi connectivity index (χ4n) is 1.70. The lowest BCUT2D eigenvalue weighted by Crippen LogP contribution is -2.06. The number of hydrogen-bond donors (Lipinski definition) is 2. The highest BCUT2D eigenvalue weighted by Gasteiger charge is 2.09. The molecule has 3 nitrogen and oxygen atoms in total. The van der Waals surface area contributed by atoms with Crippen LogP contribution in [-0.2, 0) is 6.54 Å². The first-order chi connectivity index (χ1) is 9.56. The largest absolute Gasteiger partial charge is 0.508 e. The van der Waals surface area contributed by atoms with Gasteiger partial charge in [0, 0.05) is 17.1 Å². The van der Waals surface area contributed by atoms with E-state index in [9.17, 15) is 13.9 Å². The fraction of sp³-hybridized carbons (Fsp3) is 0.143. The van der Waals surface area contributed by atoms with E-state index in [1.54, 1.807) is 30.3 Å². The van der Waals surface area contributed by atoms with Crippen LogP contribution in [0.4, 0.5) is 14.5 Å². The summed E-state index contributed by atoms with van der Waals surface area (Å²) in [6.07, 6.45) is 0. The minimum absolute atomic E-state index is 0.0454.